The number of methoxy groups -OCH3 is 1. The molecule has 0 N–H and O–H groups in total. The quantitative estimate of drug-likeness (QED) is 0.423. The Morgan fingerprint density at radius 2 is 1.81 bits per heavy atom. The molecule has 0 aliphatic heterocycles. The van der Waals surface area contributed by atoms with Gasteiger partial charge in [-0.25, -0.2) is 9.67 Å². The van der Waals surface area contributed by atoms with Crippen molar-refractivity contribution < 1.29 is 9.26 Å². The Balaban J connectivity index is 1.45. The third kappa shape index (κ3) is 3.53. The lowest BCUT2D eigenvalue weighted by atomic mass is 10.1. The lowest BCUT2D eigenvalue weighted by molar-refractivity contribution is 0.369. The van der Waals surface area contributed by atoms with Gasteiger partial charge < -0.3 is 9.26 Å². The third-order valence-electron chi connectivity index (χ3n) is 5.13. The number of hydrogen-bond acceptors (Lipinski definition) is 7. The second-order valence-electron chi connectivity index (χ2n) is 7.56. The molecule has 5 aromatic rings. The van der Waals surface area contributed by atoms with Crippen LogP contribution in [0.25, 0.3) is 28.1 Å². The highest BCUT2D eigenvalue weighted by Gasteiger charge is 2.15. The van der Waals surface area contributed by atoms with E-state index in [1.54, 1.807) is 11.8 Å². The standard InChI is InChI=1S/C23H20N6O3/c1-14-8-15(2)10-17(9-14)29-22-19(11-25-29)23(30)28(13-24-22)12-20-26-21(27-32-20)16-4-6-18(31-3)7-5-16/h4-11,13H,12H2,1-3H3. The molecule has 0 spiro atoms. The molecule has 5 rings (SSSR count). The summed E-state index contributed by atoms with van der Waals surface area (Å²) in [5, 5.41) is 8.82. The van der Waals surface area contributed by atoms with Gasteiger partial charge in [0, 0.05) is 5.56 Å². The summed E-state index contributed by atoms with van der Waals surface area (Å²) in [4.78, 5) is 21.9. The van der Waals surface area contributed by atoms with Gasteiger partial charge in [0.15, 0.2) is 5.65 Å². The Labute approximate surface area is 182 Å². The fourth-order valence-electron chi connectivity index (χ4n) is 3.65. The molecule has 0 aliphatic carbocycles. The van der Waals surface area contributed by atoms with Gasteiger partial charge in [-0.05, 0) is 61.4 Å². The number of nitrogens with zero attached hydrogens (tertiary/aromatic N) is 6. The van der Waals surface area contributed by atoms with Crippen LogP contribution in [-0.4, -0.2) is 36.6 Å². The van der Waals surface area contributed by atoms with E-state index in [0.717, 1.165) is 28.1 Å². The normalized spacial score (nSPS) is 11.2. The molecule has 3 aromatic heterocycles. The maximum atomic E-state index is 13.0. The number of rotatable bonds is 5. The third-order valence-corrected chi connectivity index (χ3v) is 5.13. The second-order valence-corrected chi connectivity index (χ2v) is 7.56. The summed E-state index contributed by atoms with van der Waals surface area (Å²) in [6.07, 6.45) is 3.01. The smallest absolute Gasteiger partial charge is 0.264 e. The highest BCUT2D eigenvalue weighted by molar-refractivity contribution is 5.75. The minimum atomic E-state index is -0.227. The van der Waals surface area contributed by atoms with Gasteiger partial charge in [-0.3, -0.25) is 9.36 Å². The first-order valence-electron chi connectivity index (χ1n) is 10.0. The number of fused-ring (bicyclic) bond motifs is 1. The van der Waals surface area contributed by atoms with Crippen molar-refractivity contribution in [1.29, 1.82) is 0 Å². The molecule has 0 unspecified atom stereocenters. The van der Waals surface area contributed by atoms with Crippen molar-refractivity contribution in [2.45, 2.75) is 20.4 Å². The first-order valence-corrected chi connectivity index (χ1v) is 10.0. The molecule has 0 fully saturated rings. The number of ether oxygens (including phenoxy) is 1. The van der Waals surface area contributed by atoms with Crippen LogP contribution in [0.15, 0.2) is 64.3 Å². The van der Waals surface area contributed by atoms with Gasteiger partial charge in [0.25, 0.3) is 5.56 Å². The van der Waals surface area contributed by atoms with E-state index in [1.165, 1.54) is 17.1 Å². The van der Waals surface area contributed by atoms with Crippen LogP contribution in [0.5, 0.6) is 5.75 Å². The summed E-state index contributed by atoms with van der Waals surface area (Å²) >= 11 is 0. The van der Waals surface area contributed by atoms with E-state index < -0.39 is 0 Å². The van der Waals surface area contributed by atoms with E-state index >= 15 is 0 Å². The zero-order valence-electron chi connectivity index (χ0n) is 17.8. The van der Waals surface area contributed by atoms with E-state index in [9.17, 15) is 4.79 Å². The van der Waals surface area contributed by atoms with E-state index in [4.69, 9.17) is 9.26 Å². The van der Waals surface area contributed by atoms with Gasteiger partial charge in [-0.2, -0.15) is 10.1 Å². The van der Waals surface area contributed by atoms with Crippen LogP contribution in [0.3, 0.4) is 0 Å². The Bertz CT molecular complexity index is 1460. The molecule has 0 radical (unpaired) electrons. The fourth-order valence-corrected chi connectivity index (χ4v) is 3.65. The predicted molar refractivity (Wildman–Crippen MR) is 118 cm³/mol. The van der Waals surface area contributed by atoms with Crippen LogP contribution in [0.1, 0.15) is 17.0 Å². The maximum Gasteiger partial charge on any atom is 0.264 e. The van der Waals surface area contributed by atoms with Crippen molar-refractivity contribution >= 4 is 11.0 Å². The second kappa shape index (κ2) is 7.77. The van der Waals surface area contributed by atoms with Gasteiger partial charge in [0.05, 0.1) is 19.0 Å². The minimum Gasteiger partial charge on any atom is -0.497 e. The van der Waals surface area contributed by atoms with Gasteiger partial charge in [0.2, 0.25) is 11.7 Å². The average molecular weight is 428 g/mol. The van der Waals surface area contributed by atoms with Gasteiger partial charge in [0.1, 0.15) is 24.0 Å². The van der Waals surface area contributed by atoms with Crippen LogP contribution in [0.2, 0.25) is 0 Å². The molecule has 0 aliphatic rings. The van der Waals surface area contributed by atoms with E-state index in [0.29, 0.717) is 22.7 Å². The Morgan fingerprint density at radius 3 is 2.53 bits per heavy atom. The average Bonchev–Trinajstić information content (AvgIpc) is 3.43. The molecular formula is C23H20N6O3. The molecular weight excluding hydrogens is 408 g/mol. The molecule has 3 heterocycles. The first kappa shape index (κ1) is 19.7. The summed E-state index contributed by atoms with van der Waals surface area (Å²) in [6.45, 7) is 4.15. The monoisotopic (exact) mass is 428 g/mol. The minimum absolute atomic E-state index is 0.111. The summed E-state index contributed by atoms with van der Waals surface area (Å²) < 4.78 is 13.6. The van der Waals surface area contributed by atoms with Crippen LogP contribution in [0, 0.1) is 13.8 Å². The molecule has 0 saturated carbocycles. The molecule has 160 valence electrons. The summed E-state index contributed by atoms with van der Waals surface area (Å²) in [5.41, 5.74) is 4.15. The maximum absolute atomic E-state index is 13.0. The number of aromatic nitrogens is 6. The Kier molecular flexibility index (Phi) is 4.78. The van der Waals surface area contributed by atoms with Crippen molar-refractivity contribution in [2.75, 3.05) is 7.11 Å². The van der Waals surface area contributed by atoms with Crippen molar-refractivity contribution in [3.05, 3.63) is 82.4 Å². The lowest BCUT2D eigenvalue weighted by Gasteiger charge is -2.06. The fraction of sp³-hybridized carbons (Fsp3) is 0.174. The topological polar surface area (TPSA) is 101 Å². The summed E-state index contributed by atoms with van der Waals surface area (Å²) in [5.74, 6) is 1.48. The van der Waals surface area contributed by atoms with Crippen molar-refractivity contribution in [1.82, 2.24) is 29.5 Å². The molecule has 32 heavy (non-hydrogen) atoms. The molecule has 0 bridgehead atoms. The predicted octanol–water partition coefficient (Wildman–Crippen LogP) is 3.31. The number of hydrogen-bond donors (Lipinski definition) is 0. The van der Waals surface area contributed by atoms with Crippen LogP contribution >= 0.6 is 0 Å². The zero-order valence-corrected chi connectivity index (χ0v) is 17.8. The Morgan fingerprint density at radius 1 is 1.06 bits per heavy atom. The highest BCUT2D eigenvalue weighted by Crippen LogP contribution is 2.20. The molecule has 9 heteroatoms. The number of aryl methyl sites for hydroxylation is 2. The van der Waals surface area contributed by atoms with Gasteiger partial charge in [-0.1, -0.05) is 11.2 Å². The van der Waals surface area contributed by atoms with Crippen LogP contribution in [0.4, 0.5) is 0 Å². The highest BCUT2D eigenvalue weighted by atomic mass is 16.5. The van der Waals surface area contributed by atoms with E-state index in [2.05, 4.69) is 26.3 Å². The van der Waals surface area contributed by atoms with Crippen molar-refractivity contribution in [3.63, 3.8) is 0 Å². The van der Waals surface area contributed by atoms with E-state index in [1.807, 2.05) is 50.2 Å². The number of benzene rings is 2. The molecule has 0 saturated heterocycles. The Hall–Kier alpha value is -4.27. The van der Waals surface area contributed by atoms with Crippen molar-refractivity contribution in [2.24, 2.45) is 0 Å². The molecule has 0 amide bonds. The molecule has 0 atom stereocenters. The SMILES string of the molecule is COc1ccc(-c2noc(Cn3cnc4c(cnn4-c4cc(C)cc(C)c4)c3=O)n2)cc1. The van der Waals surface area contributed by atoms with Crippen LogP contribution < -0.4 is 10.3 Å². The zero-order chi connectivity index (χ0) is 22.2. The van der Waals surface area contributed by atoms with Crippen LogP contribution in [-0.2, 0) is 6.54 Å². The molecule has 2 aromatic carbocycles. The van der Waals surface area contributed by atoms with Gasteiger partial charge >= 0.3 is 0 Å². The van der Waals surface area contributed by atoms with Gasteiger partial charge in [-0.15, -0.1) is 0 Å². The summed E-state index contributed by atoms with van der Waals surface area (Å²) in [6, 6.07) is 13.4. The largest absolute Gasteiger partial charge is 0.497 e. The summed E-state index contributed by atoms with van der Waals surface area (Å²) in [7, 11) is 1.61. The van der Waals surface area contributed by atoms with E-state index in [-0.39, 0.29) is 12.1 Å². The molecule has 9 nitrogen and oxygen atoms in total. The van der Waals surface area contributed by atoms with Crippen molar-refractivity contribution in [3.8, 4) is 22.8 Å². The lowest BCUT2D eigenvalue weighted by Crippen LogP contribution is -2.21. The first-order chi connectivity index (χ1) is 15.5.